The van der Waals surface area contributed by atoms with Gasteiger partial charge in [-0.05, 0) is 41.0 Å². The number of carbonyl (C=O) groups is 3. The molecule has 1 fully saturated rings. The minimum atomic E-state index is -3.26. The fourth-order valence-electron chi connectivity index (χ4n) is 2.98. The quantitative estimate of drug-likeness (QED) is 0.691. The second-order valence-corrected chi connectivity index (χ2v) is 10.2. The van der Waals surface area contributed by atoms with E-state index in [4.69, 9.17) is 0 Å². The summed E-state index contributed by atoms with van der Waals surface area (Å²) in [5, 5.41) is 3.23. The lowest BCUT2D eigenvalue weighted by Crippen LogP contribution is -2.38. The van der Waals surface area contributed by atoms with Crippen LogP contribution in [-0.4, -0.2) is 48.7 Å². The maximum Gasteiger partial charge on any atom is 0.293 e. The molecule has 0 saturated carbocycles. The number of hydrogen-bond donors (Lipinski definition) is 1. The third-order valence-electron chi connectivity index (χ3n) is 4.61. The number of rotatable bonds is 6. The van der Waals surface area contributed by atoms with Gasteiger partial charge >= 0.3 is 0 Å². The van der Waals surface area contributed by atoms with Gasteiger partial charge in [0.05, 0.1) is 16.7 Å². The van der Waals surface area contributed by atoms with E-state index in [9.17, 15) is 22.8 Å². The molecule has 7 nitrogen and oxygen atoms in total. The zero-order valence-corrected chi connectivity index (χ0v) is 17.8. The van der Waals surface area contributed by atoms with E-state index in [2.05, 4.69) is 19.2 Å². The number of sulfone groups is 1. The van der Waals surface area contributed by atoms with Crippen LogP contribution in [0, 0.1) is 0 Å². The average molecular weight is 435 g/mol. The second kappa shape index (κ2) is 8.54. The summed E-state index contributed by atoms with van der Waals surface area (Å²) in [5.41, 5.74) is 2.01. The number of thioether (sulfide) groups is 1. The zero-order valence-electron chi connectivity index (χ0n) is 16.1. The Hall–Kier alpha value is -2.39. The van der Waals surface area contributed by atoms with Crippen LogP contribution >= 0.6 is 11.8 Å². The van der Waals surface area contributed by atoms with E-state index in [1.807, 2.05) is 24.3 Å². The largest absolute Gasteiger partial charge is 0.349 e. The van der Waals surface area contributed by atoms with Gasteiger partial charge in [-0.15, -0.1) is 0 Å². The molecule has 1 atom stereocenters. The predicted molar refractivity (Wildman–Crippen MR) is 113 cm³/mol. The zero-order chi connectivity index (χ0) is 21.2. The summed E-state index contributed by atoms with van der Waals surface area (Å²) in [4.78, 5) is 38.1. The summed E-state index contributed by atoms with van der Waals surface area (Å²) in [6, 6.07) is 7.21. The molecule has 1 saturated heterocycles. The highest BCUT2D eigenvalue weighted by Gasteiger charge is 2.35. The molecule has 1 aromatic carbocycles. The van der Waals surface area contributed by atoms with Gasteiger partial charge in [0.15, 0.2) is 9.84 Å². The first-order chi connectivity index (χ1) is 13.6. The molecule has 9 heteroatoms. The first-order valence-electron chi connectivity index (χ1n) is 9.20. The maximum atomic E-state index is 12.5. The van der Waals surface area contributed by atoms with Crippen molar-refractivity contribution in [1.82, 2.24) is 10.2 Å². The molecule has 0 bridgehead atoms. The summed E-state index contributed by atoms with van der Waals surface area (Å²) in [6.45, 7) is 4.14. The van der Waals surface area contributed by atoms with E-state index in [1.54, 1.807) is 6.08 Å². The Kier molecular flexibility index (Phi) is 6.28. The van der Waals surface area contributed by atoms with Crippen LogP contribution < -0.4 is 5.32 Å². The highest BCUT2D eigenvalue weighted by Crippen LogP contribution is 2.32. The molecule has 1 unspecified atom stereocenters. The lowest BCUT2D eigenvalue weighted by Gasteiger charge is -2.14. The van der Waals surface area contributed by atoms with Gasteiger partial charge in [-0.1, -0.05) is 38.1 Å². The minimum absolute atomic E-state index is 0.0523. The second-order valence-electron chi connectivity index (χ2n) is 7.24. The number of nitrogens with one attached hydrogen (secondary N) is 1. The molecule has 0 aliphatic carbocycles. The van der Waals surface area contributed by atoms with Crippen LogP contribution in [0.4, 0.5) is 4.79 Å². The Labute approximate surface area is 174 Å². The standard InChI is InChI=1S/C20H22N2O5S2/c1-13(2)15-5-3-14(4-6-15)11-17-19(24)22(20(25)28-17)9-7-18(23)21-16-8-10-29(26,27)12-16/h3-6,8,10-11,13,16H,7,9,12H2,1-2H3,(H,21,23). The van der Waals surface area contributed by atoms with Gasteiger partial charge in [0.2, 0.25) is 5.91 Å². The first-order valence-corrected chi connectivity index (χ1v) is 11.7. The summed E-state index contributed by atoms with van der Waals surface area (Å²) in [5.74, 6) is -0.603. The van der Waals surface area contributed by atoms with Gasteiger partial charge in [-0.25, -0.2) is 8.42 Å². The monoisotopic (exact) mass is 434 g/mol. The normalized spacial score (nSPS) is 22.1. The maximum absolute atomic E-state index is 12.5. The van der Waals surface area contributed by atoms with Gasteiger partial charge < -0.3 is 5.32 Å². The Morgan fingerprint density at radius 3 is 2.55 bits per heavy atom. The van der Waals surface area contributed by atoms with Crippen molar-refractivity contribution >= 4 is 44.7 Å². The highest BCUT2D eigenvalue weighted by molar-refractivity contribution is 8.18. The van der Waals surface area contributed by atoms with E-state index < -0.39 is 32.9 Å². The van der Waals surface area contributed by atoms with Crippen molar-refractivity contribution < 1.29 is 22.8 Å². The van der Waals surface area contributed by atoms with Crippen LogP contribution in [0.5, 0.6) is 0 Å². The van der Waals surface area contributed by atoms with E-state index in [0.717, 1.165) is 27.6 Å². The average Bonchev–Trinajstić information content (AvgIpc) is 3.12. The summed E-state index contributed by atoms with van der Waals surface area (Å²) in [6.07, 6.45) is 3.00. The van der Waals surface area contributed by atoms with E-state index in [0.29, 0.717) is 10.8 Å². The van der Waals surface area contributed by atoms with Crippen LogP contribution in [0.3, 0.4) is 0 Å². The molecule has 1 N–H and O–H groups in total. The molecule has 0 aromatic heterocycles. The molecule has 2 heterocycles. The number of nitrogens with zero attached hydrogens (tertiary/aromatic N) is 1. The third kappa shape index (κ3) is 5.36. The number of imide groups is 1. The SMILES string of the molecule is CC(C)c1ccc(C=C2SC(=O)N(CCC(=O)NC3C=CS(=O)(=O)C3)C2=O)cc1. The van der Waals surface area contributed by atoms with Crippen LogP contribution in [0.2, 0.25) is 0 Å². The fourth-order valence-corrected chi connectivity index (χ4v) is 5.08. The fraction of sp³-hybridized carbons (Fsp3) is 0.350. The number of carbonyl (C=O) groups excluding carboxylic acids is 3. The molecular formula is C20H22N2O5S2. The van der Waals surface area contributed by atoms with Gasteiger partial charge in [0, 0.05) is 18.4 Å². The highest BCUT2D eigenvalue weighted by atomic mass is 32.2. The Bertz CT molecular complexity index is 994. The molecular weight excluding hydrogens is 412 g/mol. The lowest BCUT2D eigenvalue weighted by molar-refractivity contribution is -0.124. The van der Waals surface area contributed by atoms with Crippen LogP contribution in [-0.2, 0) is 19.4 Å². The van der Waals surface area contributed by atoms with Crippen LogP contribution in [0.1, 0.15) is 37.3 Å². The number of hydrogen-bond acceptors (Lipinski definition) is 6. The van der Waals surface area contributed by atoms with Crippen molar-refractivity contribution in [2.24, 2.45) is 0 Å². The van der Waals surface area contributed by atoms with Crippen molar-refractivity contribution in [3.8, 4) is 0 Å². The molecule has 154 valence electrons. The lowest BCUT2D eigenvalue weighted by atomic mass is 10.0. The molecule has 3 amide bonds. The van der Waals surface area contributed by atoms with Crippen molar-refractivity contribution in [2.45, 2.75) is 32.2 Å². The van der Waals surface area contributed by atoms with E-state index in [1.165, 1.54) is 11.6 Å². The Balaban J connectivity index is 1.57. The van der Waals surface area contributed by atoms with Gasteiger partial charge in [-0.3, -0.25) is 19.3 Å². The van der Waals surface area contributed by atoms with Crippen molar-refractivity contribution in [1.29, 1.82) is 0 Å². The molecule has 29 heavy (non-hydrogen) atoms. The smallest absolute Gasteiger partial charge is 0.293 e. The first kappa shape index (κ1) is 21.3. The van der Waals surface area contributed by atoms with Crippen molar-refractivity contribution in [3.63, 3.8) is 0 Å². The van der Waals surface area contributed by atoms with Crippen LogP contribution in [0.15, 0.2) is 40.7 Å². The molecule has 0 radical (unpaired) electrons. The van der Waals surface area contributed by atoms with E-state index >= 15 is 0 Å². The molecule has 0 spiro atoms. The van der Waals surface area contributed by atoms with Crippen molar-refractivity contribution in [3.05, 3.63) is 51.8 Å². The van der Waals surface area contributed by atoms with Gasteiger partial charge in [0.25, 0.3) is 11.1 Å². The van der Waals surface area contributed by atoms with Crippen LogP contribution in [0.25, 0.3) is 6.08 Å². The van der Waals surface area contributed by atoms with Gasteiger partial charge in [0.1, 0.15) is 0 Å². The third-order valence-corrected chi connectivity index (χ3v) is 6.92. The Morgan fingerprint density at radius 1 is 1.28 bits per heavy atom. The van der Waals surface area contributed by atoms with Gasteiger partial charge in [-0.2, -0.15) is 0 Å². The Morgan fingerprint density at radius 2 is 1.97 bits per heavy atom. The molecule has 2 aliphatic heterocycles. The van der Waals surface area contributed by atoms with Crippen molar-refractivity contribution in [2.75, 3.05) is 12.3 Å². The molecule has 3 rings (SSSR count). The summed E-state index contributed by atoms with van der Waals surface area (Å²) >= 11 is 0.848. The predicted octanol–water partition coefficient (Wildman–Crippen LogP) is 2.66. The minimum Gasteiger partial charge on any atom is -0.349 e. The summed E-state index contributed by atoms with van der Waals surface area (Å²) in [7, 11) is -3.26. The number of benzene rings is 1. The topological polar surface area (TPSA) is 101 Å². The molecule has 1 aromatic rings. The number of amides is 3. The molecule has 2 aliphatic rings. The summed E-state index contributed by atoms with van der Waals surface area (Å²) < 4.78 is 22.7. The van der Waals surface area contributed by atoms with E-state index in [-0.39, 0.29) is 18.7 Å².